The van der Waals surface area contributed by atoms with E-state index >= 15 is 0 Å². The maximum absolute atomic E-state index is 13.9. The summed E-state index contributed by atoms with van der Waals surface area (Å²) in [5.74, 6) is -1.26. The van der Waals surface area contributed by atoms with Crippen LogP contribution in [0.5, 0.6) is 0 Å². The molecule has 2 heterocycles. The summed E-state index contributed by atoms with van der Waals surface area (Å²) in [5, 5.41) is 5.61. The van der Waals surface area contributed by atoms with Gasteiger partial charge in [0.05, 0.1) is 11.0 Å². The average Bonchev–Trinajstić information content (AvgIpc) is 3.10. The van der Waals surface area contributed by atoms with Crippen LogP contribution in [0.2, 0.25) is 0 Å². The van der Waals surface area contributed by atoms with E-state index in [9.17, 15) is 18.8 Å². The number of nitrogens with zero attached hydrogens (tertiary/aromatic N) is 1. The lowest BCUT2D eigenvalue weighted by Crippen LogP contribution is -2.36. The average molecular weight is 458 g/mol. The van der Waals surface area contributed by atoms with Crippen molar-refractivity contribution >= 4 is 29.1 Å². The monoisotopic (exact) mass is 457 g/mol. The highest BCUT2D eigenvalue weighted by molar-refractivity contribution is 6.08. The van der Waals surface area contributed by atoms with Gasteiger partial charge in [0.15, 0.2) is 0 Å². The molecule has 1 unspecified atom stereocenters. The van der Waals surface area contributed by atoms with E-state index in [1.807, 2.05) is 24.3 Å². The lowest BCUT2D eigenvalue weighted by Gasteiger charge is -2.25. The molecule has 0 saturated carbocycles. The molecule has 0 aromatic heterocycles. The summed E-state index contributed by atoms with van der Waals surface area (Å²) in [6.07, 6.45) is 1.97. The zero-order valence-corrected chi connectivity index (χ0v) is 18.5. The van der Waals surface area contributed by atoms with E-state index < -0.39 is 17.1 Å². The molecule has 3 amide bonds. The first-order valence-electron chi connectivity index (χ1n) is 11.3. The van der Waals surface area contributed by atoms with Gasteiger partial charge in [-0.3, -0.25) is 14.4 Å². The first-order chi connectivity index (χ1) is 16.5. The van der Waals surface area contributed by atoms with Gasteiger partial charge < -0.3 is 15.5 Å². The number of hydrogen-bond donors (Lipinski definition) is 2. The topological polar surface area (TPSA) is 78.5 Å². The molecule has 1 saturated heterocycles. The second-order valence-corrected chi connectivity index (χ2v) is 8.81. The molecule has 6 nitrogen and oxygen atoms in total. The first kappa shape index (κ1) is 21.8. The standard InChI is InChI=1S/C27H24FN3O3/c28-22-7-3-2-6-21(22)24(32)30-20-11-9-18(10-12-20)25(33)31-16-14-27(13-15-29-26(27)34)17-19-5-1-4-8-23(19)31/h1-12H,13-17H2,(H,29,34)(H,30,32). The molecule has 34 heavy (non-hydrogen) atoms. The van der Waals surface area contributed by atoms with Gasteiger partial charge in [0.25, 0.3) is 11.8 Å². The van der Waals surface area contributed by atoms with Crippen molar-refractivity contribution < 1.29 is 18.8 Å². The molecule has 1 fully saturated rings. The van der Waals surface area contributed by atoms with Crippen molar-refractivity contribution in [2.75, 3.05) is 23.3 Å². The van der Waals surface area contributed by atoms with Crippen LogP contribution in [0.1, 0.15) is 39.1 Å². The number of nitrogens with one attached hydrogen (secondary N) is 2. The lowest BCUT2D eigenvalue weighted by atomic mass is 9.78. The van der Waals surface area contributed by atoms with Gasteiger partial charge in [-0.2, -0.15) is 0 Å². The van der Waals surface area contributed by atoms with Crippen molar-refractivity contribution in [3.05, 3.63) is 95.3 Å². The third-order valence-electron chi connectivity index (χ3n) is 6.75. The number of carbonyl (C=O) groups excluding carboxylic acids is 3. The van der Waals surface area contributed by atoms with Gasteiger partial charge in [0.2, 0.25) is 5.91 Å². The number of carbonyl (C=O) groups is 3. The second kappa shape index (κ2) is 8.74. The highest BCUT2D eigenvalue weighted by Crippen LogP contribution is 2.41. The Hall–Kier alpha value is -4.00. The summed E-state index contributed by atoms with van der Waals surface area (Å²) < 4.78 is 13.9. The smallest absolute Gasteiger partial charge is 0.258 e. The molecule has 3 aromatic rings. The molecule has 0 bridgehead atoms. The van der Waals surface area contributed by atoms with Gasteiger partial charge in [-0.05, 0) is 67.3 Å². The largest absolute Gasteiger partial charge is 0.356 e. The summed E-state index contributed by atoms with van der Waals surface area (Å²) in [4.78, 5) is 40.2. The Bertz CT molecular complexity index is 1270. The van der Waals surface area contributed by atoms with Gasteiger partial charge >= 0.3 is 0 Å². The number of rotatable bonds is 3. The van der Waals surface area contributed by atoms with Crippen molar-refractivity contribution in [3.8, 4) is 0 Å². The first-order valence-corrected chi connectivity index (χ1v) is 11.3. The summed E-state index contributed by atoms with van der Waals surface area (Å²) in [5.41, 5.74) is 2.20. The Morgan fingerprint density at radius 3 is 2.41 bits per heavy atom. The SMILES string of the molecule is O=C(Nc1ccc(C(=O)N2CCC3(CCNC3=O)Cc3ccccc32)cc1)c1ccccc1F. The summed E-state index contributed by atoms with van der Waals surface area (Å²) in [6, 6.07) is 20.0. The zero-order valence-electron chi connectivity index (χ0n) is 18.5. The van der Waals surface area contributed by atoms with E-state index in [1.165, 1.54) is 18.2 Å². The Balaban J connectivity index is 1.37. The molecule has 0 radical (unpaired) electrons. The van der Waals surface area contributed by atoms with Gasteiger partial charge in [-0.25, -0.2) is 4.39 Å². The van der Waals surface area contributed by atoms with Gasteiger partial charge in [0.1, 0.15) is 5.82 Å². The van der Waals surface area contributed by atoms with Crippen LogP contribution < -0.4 is 15.5 Å². The number of halogens is 1. The molecule has 3 aromatic carbocycles. The predicted octanol–water partition coefficient (Wildman–Crippen LogP) is 4.18. The minimum absolute atomic E-state index is 0.0475. The normalized spacial score (nSPS) is 19.3. The molecule has 172 valence electrons. The third kappa shape index (κ3) is 3.94. The van der Waals surface area contributed by atoms with Gasteiger partial charge in [-0.15, -0.1) is 0 Å². The van der Waals surface area contributed by atoms with Crippen LogP contribution in [0, 0.1) is 11.2 Å². The van der Waals surface area contributed by atoms with Crippen molar-refractivity contribution in [1.29, 1.82) is 0 Å². The number of benzene rings is 3. The van der Waals surface area contributed by atoms with E-state index in [0.717, 1.165) is 17.7 Å². The van der Waals surface area contributed by atoms with E-state index in [1.54, 1.807) is 35.2 Å². The third-order valence-corrected chi connectivity index (χ3v) is 6.75. The number of hydrogen-bond acceptors (Lipinski definition) is 3. The van der Waals surface area contributed by atoms with Crippen molar-refractivity contribution in [2.24, 2.45) is 5.41 Å². The Morgan fingerprint density at radius 2 is 1.68 bits per heavy atom. The summed E-state index contributed by atoms with van der Waals surface area (Å²) >= 11 is 0. The fourth-order valence-corrected chi connectivity index (χ4v) is 4.85. The molecule has 2 aliphatic rings. The van der Waals surface area contributed by atoms with Crippen LogP contribution in [-0.2, 0) is 11.2 Å². The number of fused-ring (bicyclic) bond motifs is 1. The molecule has 7 heteroatoms. The van der Waals surface area contributed by atoms with E-state index in [-0.39, 0.29) is 17.4 Å². The van der Waals surface area contributed by atoms with E-state index in [2.05, 4.69) is 10.6 Å². The Labute approximate surface area is 196 Å². The van der Waals surface area contributed by atoms with Crippen LogP contribution in [0.25, 0.3) is 0 Å². The van der Waals surface area contributed by atoms with Crippen LogP contribution in [0.4, 0.5) is 15.8 Å². The van der Waals surface area contributed by atoms with Crippen molar-refractivity contribution in [3.63, 3.8) is 0 Å². The van der Waals surface area contributed by atoms with Crippen molar-refractivity contribution in [2.45, 2.75) is 19.3 Å². The highest BCUT2D eigenvalue weighted by Gasteiger charge is 2.45. The Morgan fingerprint density at radius 1 is 0.941 bits per heavy atom. The second-order valence-electron chi connectivity index (χ2n) is 8.81. The molecule has 1 atom stereocenters. The van der Waals surface area contributed by atoms with Crippen LogP contribution >= 0.6 is 0 Å². The maximum atomic E-state index is 13.9. The molecular weight excluding hydrogens is 433 g/mol. The zero-order chi connectivity index (χ0) is 23.7. The molecule has 0 aliphatic carbocycles. The van der Waals surface area contributed by atoms with Crippen LogP contribution in [0.15, 0.2) is 72.8 Å². The number of amides is 3. The Kier molecular flexibility index (Phi) is 5.61. The molecule has 1 spiro atoms. The lowest BCUT2D eigenvalue weighted by molar-refractivity contribution is -0.127. The van der Waals surface area contributed by atoms with E-state index in [4.69, 9.17) is 0 Å². The highest BCUT2D eigenvalue weighted by atomic mass is 19.1. The predicted molar refractivity (Wildman–Crippen MR) is 127 cm³/mol. The maximum Gasteiger partial charge on any atom is 0.258 e. The fourth-order valence-electron chi connectivity index (χ4n) is 4.85. The minimum Gasteiger partial charge on any atom is -0.356 e. The molecule has 5 rings (SSSR count). The van der Waals surface area contributed by atoms with Gasteiger partial charge in [0, 0.05) is 30.0 Å². The quantitative estimate of drug-likeness (QED) is 0.620. The summed E-state index contributed by atoms with van der Waals surface area (Å²) in [7, 11) is 0. The van der Waals surface area contributed by atoms with E-state index in [0.29, 0.717) is 37.2 Å². The molecular formula is C27H24FN3O3. The minimum atomic E-state index is -0.597. The van der Waals surface area contributed by atoms with Crippen molar-refractivity contribution in [1.82, 2.24) is 5.32 Å². The van der Waals surface area contributed by atoms with Gasteiger partial charge in [-0.1, -0.05) is 30.3 Å². The summed E-state index contributed by atoms with van der Waals surface area (Å²) in [6.45, 7) is 1.10. The number of anilines is 2. The van der Waals surface area contributed by atoms with Crippen LogP contribution in [0.3, 0.4) is 0 Å². The fraction of sp³-hybridized carbons (Fsp3) is 0.222. The molecule has 2 aliphatic heterocycles. The number of para-hydroxylation sites is 1. The molecule has 2 N–H and O–H groups in total. The van der Waals surface area contributed by atoms with Crippen LogP contribution in [-0.4, -0.2) is 30.8 Å².